The van der Waals surface area contributed by atoms with E-state index >= 15 is 0 Å². The fourth-order valence-electron chi connectivity index (χ4n) is 1.59. The molecule has 1 rings (SSSR count). The molecule has 0 aromatic carbocycles. The van der Waals surface area contributed by atoms with Crippen molar-refractivity contribution < 1.29 is 5.11 Å². The number of likely N-dealkylation sites (N-methyl/N-ethyl adjacent to an activating group) is 1. The summed E-state index contributed by atoms with van der Waals surface area (Å²) < 4.78 is 0. The van der Waals surface area contributed by atoms with Crippen molar-refractivity contribution in [1.29, 1.82) is 0 Å². The Labute approximate surface area is 75.0 Å². The number of hydrogen-bond acceptors (Lipinski definition) is 3. The van der Waals surface area contributed by atoms with Crippen LogP contribution in [0, 0.1) is 6.92 Å². The van der Waals surface area contributed by atoms with Crippen LogP contribution in [0.1, 0.15) is 6.92 Å². The number of rotatable bonds is 3. The van der Waals surface area contributed by atoms with Gasteiger partial charge in [-0.1, -0.05) is 6.92 Å². The number of hydrogen-bond donors (Lipinski definition) is 1. The van der Waals surface area contributed by atoms with Crippen LogP contribution in [0.25, 0.3) is 0 Å². The minimum Gasteiger partial charge on any atom is -0.392 e. The molecule has 1 atom stereocenters. The molecule has 0 amide bonds. The van der Waals surface area contributed by atoms with Crippen molar-refractivity contribution in [2.24, 2.45) is 0 Å². The molecule has 0 aromatic rings. The normalized spacial score (nSPS) is 24.2. The van der Waals surface area contributed by atoms with Gasteiger partial charge >= 0.3 is 0 Å². The van der Waals surface area contributed by atoms with Crippen molar-refractivity contribution >= 4 is 0 Å². The smallest absolute Gasteiger partial charge is 0.0668 e. The van der Waals surface area contributed by atoms with Crippen LogP contribution in [0.2, 0.25) is 0 Å². The lowest BCUT2D eigenvalue weighted by atomic mass is 10.3. The number of β-amino-alcohol motifs (C(OH)–C–C–N with tert-alkyl or cyclic N) is 1. The van der Waals surface area contributed by atoms with Crippen LogP contribution in [0.15, 0.2) is 0 Å². The maximum atomic E-state index is 9.06. The third kappa shape index (κ3) is 3.09. The Morgan fingerprint density at radius 2 is 1.75 bits per heavy atom. The summed E-state index contributed by atoms with van der Waals surface area (Å²) >= 11 is 0. The lowest BCUT2D eigenvalue weighted by Crippen LogP contribution is -2.47. The second kappa shape index (κ2) is 4.80. The highest BCUT2D eigenvalue weighted by atomic mass is 16.3. The molecule has 12 heavy (non-hydrogen) atoms. The average molecular weight is 171 g/mol. The van der Waals surface area contributed by atoms with E-state index in [9.17, 15) is 0 Å². The van der Waals surface area contributed by atoms with Crippen LogP contribution in [0.5, 0.6) is 0 Å². The molecule has 1 N–H and O–H groups in total. The number of piperazine rings is 1. The Balaban J connectivity index is 2.17. The van der Waals surface area contributed by atoms with Crippen molar-refractivity contribution in [3.63, 3.8) is 0 Å². The summed E-state index contributed by atoms with van der Waals surface area (Å²) in [5.74, 6) is 0. The topological polar surface area (TPSA) is 26.7 Å². The van der Waals surface area contributed by atoms with Crippen LogP contribution in [0.3, 0.4) is 0 Å². The maximum absolute atomic E-state index is 9.06. The summed E-state index contributed by atoms with van der Waals surface area (Å²) in [5.41, 5.74) is 0. The van der Waals surface area contributed by atoms with Crippen LogP contribution in [-0.2, 0) is 0 Å². The molecular weight excluding hydrogens is 152 g/mol. The van der Waals surface area contributed by atoms with Gasteiger partial charge in [0.15, 0.2) is 0 Å². The van der Waals surface area contributed by atoms with Gasteiger partial charge in [-0.05, 0) is 13.5 Å². The zero-order chi connectivity index (χ0) is 8.97. The van der Waals surface area contributed by atoms with E-state index in [1.807, 2.05) is 0 Å². The molecule has 0 aromatic heterocycles. The largest absolute Gasteiger partial charge is 0.392 e. The third-order valence-corrected chi connectivity index (χ3v) is 2.38. The lowest BCUT2D eigenvalue weighted by Gasteiger charge is -2.34. The molecule has 0 saturated carbocycles. The minimum absolute atomic E-state index is 0.432. The van der Waals surface area contributed by atoms with Crippen molar-refractivity contribution in [1.82, 2.24) is 9.80 Å². The van der Waals surface area contributed by atoms with Crippen molar-refractivity contribution in [3.05, 3.63) is 6.92 Å². The van der Waals surface area contributed by atoms with E-state index in [4.69, 9.17) is 5.11 Å². The highest BCUT2D eigenvalue weighted by molar-refractivity contribution is 4.73. The molecule has 3 heteroatoms. The van der Waals surface area contributed by atoms with Crippen LogP contribution >= 0.6 is 0 Å². The van der Waals surface area contributed by atoms with Gasteiger partial charge in [0.1, 0.15) is 0 Å². The van der Waals surface area contributed by atoms with E-state index in [1.54, 1.807) is 0 Å². The first-order valence-electron chi connectivity index (χ1n) is 4.68. The fraction of sp³-hybridized carbons (Fsp3) is 0.889. The molecule has 71 valence electrons. The second-order valence-corrected chi connectivity index (χ2v) is 3.39. The summed E-state index contributed by atoms with van der Waals surface area (Å²) in [6, 6.07) is 0. The fourth-order valence-corrected chi connectivity index (χ4v) is 1.59. The van der Waals surface area contributed by atoms with Crippen molar-refractivity contribution in [2.75, 3.05) is 39.3 Å². The first-order valence-corrected chi connectivity index (χ1v) is 4.68. The molecule has 1 unspecified atom stereocenters. The Hall–Kier alpha value is -0.120. The summed E-state index contributed by atoms with van der Waals surface area (Å²) in [4.78, 5) is 4.69. The first kappa shape index (κ1) is 9.96. The summed E-state index contributed by atoms with van der Waals surface area (Å²) in [7, 11) is 0. The Kier molecular flexibility index (Phi) is 3.98. The maximum Gasteiger partial charge on any atom is 0.0668 e. The number of aliphatic hydroxyl groups excluding tert-OH is 1. The standard InChI is InChI=1S/C9H19N2O/c1-3-10-4-6-11(7-5-10)8-9(2)12/h9,12H,2-8H2,1H3. The van der Waals surface area contributed by atoms with Crippen LogP contribution in [0.4, 0.5) is 0 Å². The molecule has 0 bridgehead atoms. The van der Waals surface area contributed by atoms with E-state index in [-0.39, 0.29) is 0 Å². The molecule has 1 fully saturated rings. The molecule has 1 aliphatic rings. The van der Waals surface area contributed by atoms with Gasteiger partial charge in [-0.2, -0.15) is 0 Å². The third-order valence-electron chi connectivity index (χ3n) is 2.38. The lowest BCUT2D eigenvalue weighted by molar-refractivity contribution is 0.0928. The molecule has 1 saturated heterocycles. The van der Waals surface area contributed by atoms with Crippen molar-refractivity contribution in [3.8, 4) is 0 Å². The van der Waals surface area contributed by atoms with Crippen LogP contribution < -0.4 is 0 Å². The quantitative estimate of drug-likeness (QED) is 0.638. The Morgan fingerprint density at radius 3 is 2.17 bits per heavy atom. The number of aliphatic hydroxyl groups is 1. The summed E-state index contributed by atoms with van der Waals surface area (Å²) in [5, 5.41) is 9.06. The van der Waals surface area contributed by atoms with Gasteiger partial charge < -0.3 is 10.0 Å². The summed E-state index contributed by atoms with van der Waals surface area (Å²) in [6.45, 7) is 12.0. The second-order valence-electron chi connectivity index (χ2n) is 3.39. The minimum atomic E-state index is -0.432. The SMILES string of the molecule is [CH2]C(O)CN1CCN(CC)CC1. The van der Waals surface area contributed by atoms with Gasteiger partial charge in [-0.25, -0.2) is 0 Å². The highest BCUT2D eigenvalue weighted by Gasteiger charge is 2.15. The first-order chi connectivity index (χ1) is 5.72. The molecule has 1 heterocycles. The predicted molar refractivity (Wildman–Crippen MR) is 49.9 cm³/mol. The van der Waals surface area contributed by atoms with E-state index in [0.717, 1.165) is 39.3 Å². The van der Waals surface area contributed by atoms with E-state index in [0.29, 0.717) is 0 Å². The van der Waals surface area contributed by atoms with Gasteiger partial charge in [0.25, 0.3) is 0 Å². The molecule has 1 aliphatic heterocycles. The monoisotopic (exact) mass is 171 g/mol. The van der Waals surface area contributed by atoms with Crippen molar-refractivity contribution in [2.45, 2.75) is 13.0 Å². The van der Waals surface area contributed by atoms with Gasteiger partial charge in [0.2, 0.25) is 0 Å². The van der Waals surface area contributed by atoms with E-state index in [1.165, 1.54) is 0 Å². The molecule has 3 nitrogen and oxygen atoms in total. The van der Waals surface area contributed by atoms with E-state index < -0.39 is 6.10 Å². The van der Waals surface area contributed by atoms with E-state index in [2.05, 4.69) is 23.6 Å². The molecular formula is C9H19N2O. The average Bonchev–Trinajstić information content (AvgIpc) is 2.05. The summed E-state index contributed by atoms with van der Waals surface area (Å²) in [6.07, 6.45) is -0.432. The van der Waals surface area contributed by atoms with Gasteiger partial charge in [-0.3, -0.25) is 4.90 Å². The molecule has 0 spiro atoms. The van der Waals surface area contributed by atoms with Gasteiger partial charge in [-0.15, -0.1) is 0 Å². The predicted octanol–water partition coefficient (Wildman–Crippen LogP) is -0.181. The molecule has 1 radical (unpaired) electrons. The molecule has 0 aliphatic carbocycles. The zero-order valence-electron chi connectivity index (χ0n) is 7.87. The Morgan fingerprint density at radius 1 is 1.25 bits per heavy atom. The zero-order valence-corrected chi connectivity index (χ0v) is 7.87. The van der Waals surface area contributed by atoms with Gasteiger partial charge in [0.05, 0.1) is 6.10 Å². The van der Waals surface area contributed by atoms with Gasteiger partial charge in [0, 0.05) is 32.7 Å². The highest BCUT2D eigenvalue weighted by Crippen LogP contribution is 2.01. The number of nitrogens with zero attached hydrogens (tertiary/aromatic N) is 2. The Bertz CT molecular complexity index is 120. The van der Waals surface area contributed by atoms with Crippen LogP contribution in [-0.4, -0.2) is 60.3 Å².